The molecule has 0 fully saturated rings. The van der Waals surface area contributed by atoms with Gasteiger partial charge in [0, 0.05) is 24.0 Å². The number of pyridine rings is 2. The Hall–Kier alpha value is -2.27. The van der Waals surface area contributed by atoms with Crippen LogP contribution in [-0.2, 0) is 0 Å². The van der Waals surface area contributed by atoms with Gasteiger partial charge in [0.05, 0.1) is 21.2 Å². The zero-order valence-corrected chi connectivity index (χ0v) is 12.0. The first-order valence-electron chi connectivity index (χ1n) is 6.00. The minimum Gasteiger partial charge on any atom is -0.321 e. The van der Waals surface area contributed by atoms with Gasteiger partial charge in [-0.1, -0.05) is 18.2 Å². The first-order chi connectivity index (χ1) is 9.75. The molecular weight excluding hydrogens is 318 g/mol. The molecule has 0 aliphatic rings. The van der Waals surface area contributed by atoms with Gasteiger partial charge < -0.3 is 5.32 Å². The fourth-order valence-corrected chi connectivity index (χ4v) is 2.31. The van der Waals surface area contributed by atoms with E-state index in [1.54, 1.807) is 30.7 Å². The molecule has 1 aromatic carbocycles. The van der Waals surface area contributed by atoms with Crippen molar-refractivity contribution >= 4 is 38.4 Å². The van der Waals surface area contributed by atoms with Crippen LogP contribution in [-0.4, -0.2) is 15.9 Å². The molecule has 0 aliphatic heterocycles. The van der Waals surface area contributed by atoms with Crippen LogP contribution in [0.2, 0.25) is 0 Å². The molecule has 98 valence electrons. The molecule has 5 heteroatoms. The van der Waals surface area contributed by atoms with E-state index < -0.39 is 0 Å². The predicted octanol–water partition coefficient (Wildman–Crippen LogP) is 3.64. The van der Waals surface area contributed by atoms with Crippen LogP contribution in [0.3, 0.4) is 0 Å². The van der Waals surface area contributed by atoms with E-state index in [1.807, 2.05) is 24.3 Å². The summed E-state index contributed by atoms with van der Waals surface area (Å²) in [5.41, 5.74) is 2.08. The van der Waals surface area contributed by atoms with Gasteiger partial charge in [-0.15, -0.1) is 0 Å². The molecule has 0 aliphatic carbocycles. The highest BCUT2D eigenvalue weighted by atomic mass is 79.9. The quantitative estimate of drug-likeness (QED) is 0.781. The summed E-state index contributed by atoms with van der Waals surface area (Å²) < 4.78 is 0.742. The Morgan fingerprint density at radius 2 is 1.95 bits per heavy atom. The fraction of sp³-hybridized carbons (Fsp3) is 0. The van der Waals surface area contributed by atoms with E-state index in [0.29, 0.717) is 11.3 Å². The number of fused-ring (bicyclic) bond motifs is 1. The summed E-state index contributed by atoms with van der Waals surface area (Å²) in [6.07, 6.45) is 4.91. The third-order valence-corrected chi connectivity index (χ3v) is 3.55. The third kappa shape index (κ3) is 2.40. The molecule has 4 nitrogen and oxygen atoms in total. The standard InChI is InChI=1S/C15H10BrN3O/c16-12-9-17-7-6-14(12)19-15(20)11-5-8-18-13-4-2-1-3-10(11)13/h1-9H,(H,17,19,20). The molecule has 0 spiro atoms. The van der Waals surface area contributed by atoms with Gasteiger partial charge in [0.1, 0.15) is 0 Å². The van der Waals surface area contributed by atoms with Crippen LogP contribution >= 0.6 is 15.9 Å². The van der Waals surface area contributed by atoms with Crippen molar-refractivity contribution in [3.05, 3.63) is 65.0 Å². The van der Waals surface area contributed by atoms with Gasteiger partial charge in [-0.2, -0.15) is 0 Å². The highest BCUT2D eigenvalue weighted by Gasteiger charge is 2.11. The lowest BCUT2D eigenvalue weighted by Gasteiger charge is -2.08. The van der Waals surface area contributed by atoms with Gasteiger partial charge in [0.15, 0.2) is 0 Å². The first kappa shape index (κ1) is 12.7. The molecule has 1 amide bonds. The molecule has 0 saturated carbocycles. The molecule has 0 radical (unpaired) electrons. The maximum Gasteiger partial charge on any atom is 0.256 e. The van der Waals surface area contributed by atoms with E-state index >= 15 is 0 Å². The number of aromatic nitrogens is 2. The molecule has 0 saturated heterocycles. The van der Waals surface area contributed by atoms with Crippen LogP contribution in [0.5, 0.6) is 0 Å². The largest absolute Gasteiger partial charge is 0.321 e. The average molecular weight is 328 g/mol. The van der Waals surface area contributed by atoms with Gasteiger partial charge in [0.2, 0.25) is 0 Å². The Balaban J connectivity index is 1.99. The molecule has 0 unspecified atom stereocenters. The summed E-state index contributed by atoms with van der Waals surface area (Å²) in [5.74, 6) is -0.171. The summed E-state index contributed by atoms with van der Waals surface area (Å²) in [7, 11) is 0. The lowest BCUT2D eigenvalue weighted by molar-refractivity contribution is 0.102. The van der Waals surface area contributed by atoms with Crippen LogP contribution in [0.1, 0.15) is 10.4 Å². The van der Waals surface area contributed by atoms with Crippen molar-refractivity contribution in [3.8, 4) is 0 Å². The van der Waals surface area contributed by atoms with Crippen molar-refractivity contribution in [2.24, 2.45) is 0 Å². The Morgan fingerprint density at radius 1 is 1.10 bits per heavy atom. The Bertz CT molecular complexity index is 783. The van der Waals surface area contributed by atoms with Crippen LogP contribution in [0, 0.1) is 0 Å². The molecule has 3 rings (SSSR count). The van der Waals surface area contributed by atoms with E-state index in [9.17, 15) is 4.79 Å². The van der Waals surface area contributed by atoms with Crippen LogP contribution < -0.4 is 5.32 Å². The first-order valence-corrected chi connectivity index (χ1v) is 6.79. The minimum absolute atomic E-state index is 0.171. The lowest BCUT2D eigenvalue weighted by Crippen LogP contribution is -2.13. The van der Waals surface area contributed by atoms with Crippen molar-refractivity contribution in [1.82, 2.24) is 9.97 Å². The molecule has 2 aromatic heterocycles. The maximum absolute atomic E-state index is 12.4. The number of hydrogen-bond acceptors (Lipinski definition) is 3. The summed E-state index contributed by atoms with van der Waals surface area (Å²) in [4.78, 5) is 20.6. The molecule has 1 N–H and O–H groups in total. The second-order valence-electron chi connectivity index (χ2n) is 4.19. The number of hydrogen-bond donors (Lipinski definition) is 1. The lowest BCUT2D eigenvalue weighted by atomic mass is 10.1. The third-order valence-electron chi connectivity index (χ3n) is 2.91. The number of carbonyl (C=O) groups excluding carboxylic acids is 1. The molecule has 0 bridgehead atoms. The fourth-order valence-electron chi connectivity index (χ4n) is 1.96. The summed E-state index contributed by atoms with van der Waals surface area (Å²) in [6, 6.07) is 11.0. The molecule has 3 aromatic rings. The van der Waals surface area contributed by atoms with Crippen LogP contribution in [0.25, 0.3) is 10.9 Å². The van der Waals surface area contributed by atoms with E-state index in [4.69, 9.17) is 0 Å². The van der Waals surface area contributed by atoms with Crippen molar-refractivity contribution in [2.75, 3.05) is 5.32 Å². The highest BCUT2D eigenvalue weighted by Crippen LogP contribution is 2.22. The van der Waals surface area contributed by atoms with Crippen molar-refractivity contribution in [3.63, 3.8) is 0 Å². The van der Waals surface area contributed by atoms with E-state index in [2.05, 4.69) is 31.2 Å². The zero-order chi connectivity index (χ0) is 13.9. The number of nitrogens with one attached hydrogen (secondary N) is 1. The second-order valence-corrected chi connectivity index (χ2v) is 5.04. The molecule has 0 atom stereocenters. The molecule has 2 heterocycles. The van der Waals surface area contributed by atoms with Crippen molar-refractivity contribution in [2.45, 2.75) is 0 Å². The number of amides is 1. The number of carbonyl (C=O) groups is 1. The number of para-hydroxylation sites is 1. The molecule has 20 heavy (non-hydrogen) atoms. The van der Waals surface area contributed by atoms with Gasteiger partial charge in [-0.05, 0) is 34.1 Å². The summed E-state index contributed by atoms with van der Waals surface area (Å²) >= 11 is 3.36. The topological polar surface area (TPSA) is 54.9 Å². The van der Waals surface area contributed by atoms with E-state index in [-0.39, 0.29) is 5.91 Å². The molecular formula is C15H10BrN3O. The number of anilines is 1. The smallest absolute Gasteiger partial charge is 0.256 e. The number of rotatable bonds is 2. The monoisotopic (exact) mass is 327 g/mol. The number of nitrogens with zero attached hydrogens (tertiary/aromatic N) is 2. The van der Waals surface area contributed by atoms with E-state index in [1.165, 1.54) is 0 Å². The summed E-state index contributed by atoms with van der Waals surface area (Å²) in [6.45, 7) is 0. The van der Waals surface area contributed by atoms with Crippen molar-refractivity contribution < 1.29 is 4.79 Å². The van der Waals surface area contributed by atoms with Crippen LogP contribution in [0.15, 0.2) is 59.5 Å². The van der Waals surface area contributed by atoms with Gasteiger partial charge >= 0.3 is 0 Å². The zero-order valence-electron chi connectivity index (χ0n) is 10.4. The SMILES string of the molecule is O=C(Nc1ccncc1Br)c1ccnc2ccccc12. The Kier molecular flexibility index (Phi) is 3.43. The van der Waals surface area contributed by atoms with E-state index in [0.717, 1.165) is 15.4 Å². The predicted molar refractivity (Wildman–Crippen MR) is 81.6 cm³/mol. The summed E-state index contributed by atoms with van der Waals surface area (Å²) in [5, 5.41) is 3.70. The maximum atomic E-state index is 12.4. The Labute approximate surface area is 124 Å². The van der Waals surface area contributed by atoms with Crippen molar-refractivity contribution in [1.29, 1.82) is 0 Å². The average Bonchev–Trinajstić information content (AvgIpc) is 2.49. The number of halogens is 1. The van der Waals surface area contributed by atoms with Gasteiger partial charge in [-0.3, -0.25) is 14.8 Å². The van der Waals surface area contributed by atoms with Gasteiger partial charge in [0.25, 0.3) is 5.91 Å². The minimum atomic E-state index is -0.171. The normalized spacial score (nSPS) is 10.4. The Morgan fingerprint density at radius 3 is 2.80 bits per heavy atom. The number of benzene rings is 1. The highest BCUT2D eigenvalue weighted by molar-refractivity contribution is 9.10. The van der Waals surface area contributed by atoms with Gasteiger partial charge in [-0.25, -0.2) is 0 Å². The van der Waals surface area contributed by atoms with Crippen LogP contribution in [0.4, 0.5) is 5.69 Å². The second kappa shape index (κ2) is 5.38.